The molecule has 36 heavy (non-hydrogen) atoms. The lowest BCUT2D eigenvalue weighted by Gasteiger charge is -2.29. The first-order chi connectivity index (χ1) is 17.5. The van der Waals surface area contributed by atoms with Crippen molar-refractivity contribution in [3.8, 4) is 0 Å². The second kappa shape index (κ2) is 7.38. The zero-order chi connectivity index (χ0) is 24.6. The lowest BCUT2D eigenvalue weighted by Crippen LogP contribution is -2.53. The van der Waals surface area contributed by atoms with Gasteiger partial charge >= 0.3 is 0 Å². The molecule has 0 aliphatic carbocycles. The summed E-state index contributed by atoms with van der Waals surface area (Å²) >= 11 is 0. The number of hydrogen-bond donors (Lipinski definition) is 3. The minimum absolute atomic E-state index is 0.262. The molecule has 7 nitrogen and oxygen atoms in total. The summed E-state index contributed by atoms with van der Waals surface area (Å²) in [4.78, 5) is 46.3. The molecule has 0 radical (unpaired) electrons. The molecule has 3 N–H and O–H groups in total. The van der Waals surface area contributed by atoms with E-state index in [0.29, 0.717) is 17.8 Å². The van der Waals surface area contributed by atoms with Gasteiger partial charge in [-0.3, -0.25) is 19.7 Å². The highest BCUT2D eigenvalue weighted by molar-refractivity contribution is 6.25. The van der Waals surface area contributed by atoms with E-state index in [0.717, 1.165) is 27.6 Å². The van der Waals surface area contributed by atoms with Gasteiger partial charge in [0.15, 0.2) is 0 Å². The molecule has 7 heteroatoms. The van der Waals surface area contributed by atoms with Crippen molar-refractivity contribution in [2.45, 2.75) is 24.9 Å². The normalized spacial score (nSPS) is 26.6. The van der Waals surface area contributed by atoms with E-state index in [1.54, 1.807) is 6.07 Å². The summed E-state index contributed by atoms with van der Waals surface area (Å²) in [5.41, 5.74) is 3.65. The van der Waals surface area contributed by atoms with Gasteiger partial charge in [0, 0.05) is 34.4 Å². The lowest BCUT2D eigenvalue weighted by molar-refractivity contribution is -0.130. The smallest absolute Gasteiger partial charge is 0.250 e. The molecular formula is C29H24N4O3. The SMILES string of the molecule is Cc1cccc(N2C(=O)[C@H]3[C@@H](C2=O)[C@@]2(N[C@@H]3Cc3c[nH]c4ccccc34)C(=O)Nc3ccccc32)c1. The number of carbonyl (C=O) groups excluding carboxylic acids is 3. The van der Waals surface area contributed by atoms with Gasteiger partial charge < -0.3 is 10.3 Å². The average Bonchev–Trinajstić information content (AvgIpc) is 3.58. The van der Waals surface area contributed by atoms with E-state index in [4.69, 9.17) is 0 Å². The summed E-state index contributed by atoms with van der Waals surface area (Å²) in [5, 5.41) is 7.56. The van der Waals surface area contributed by atoms with Crippen LogP contribution in [0.3, 0.4) is 0 Å². The van der Waals surface area contributed by atoms with Crippen LogP contribution < -0.4 is 15.5 Å². The van der Waals surface area contributed by atoms with Crippen LogP contribution in [0.1, 0.15) is 16.7 Å². The fraction of sp³-hybridized carbons (Fsp3) is 0.207. The van der Waals surface area contributed by atoms with Crippen LogP contribution in [0, 0.1) is 18.8 Å². The van der Waals surface area contributed by atoms with Crippen LogP contribution >= 0.6 is 0 Å². The first kappa shape index (κ1) is 21.1. The van der Waals surface area contributed by atoms with Crippen LogP contribution in [-0.2, 0) is 26.3 Å². The standard InChI is InChI=1S/C29H24N4O3/c1-16-7-6-8-18(13-16)33-26(34)24-23(14-17-15-30-21-11-4-2-9-19(17)21)32-29(25(24)27(33)35)20-10-3-5-12-22(20)31-28(29)36/h2-13,15,23-25,30,32H,14H2,1H3,(H,31,36)/t23-,24-,25+,29-/m1/s1. The molecule has 0 saturated carbocycles. The van der Waals surface area contributed by atoms with Crippen LogP contribution in [0.4, 0.5) is 11.4 Å². The van der Waals surface area contributed by atoms with E-state index >= 15 is 0 Å². The predicted molar refractivity (Wildman–Crippen MR) is 136 cm³/mol. The highest BCUT2D eigenvalue weighted by atomic mass is 16.2. The minimum atomic E-state index is -1.30. The predicted octanol–water partition coefficient (Wildman–Crippen LogP) is 3.64. The van der Waals surface area contributed by atoms with Gasteiger partial charge in [-0.15, -0.1) is 0 Å². The molecule has 3 aromatic carbocycles. The summed E-state index contributed by atoms with van der Waals surface area (Å²) in [6.07, 6.45) is 2.46. The molecule has 4 atom stereocenters. The fourth-order valence-corrected chi connectivity index (χ4v) is 6.49. The third-order valence-electron chi connectivity index (χ3n) is 8.00. The van der Waals surface area contributed by atoms with E-state index in [-0.39, 0.29) is 17.7 Å². The van der Waals surface area contributed by atoms with Gasteiger partial charge in [-0.25, -0.2) is 4.90 Å². The maximum atomic E-state index is 14.1. The monoisotopic (exact) mass is 476 g/mol. The van der Waals surface area contributed by atoms with Gasteiger partial charge in [0.05, 0.1) is 17.5 Å². The molecular weight excluding hydrogens is 452 g/mol. The summed E-state index contributed by atoms with van der Waals surface area (Å²) in [7, 11) is 0. The fourth-order valence-electron chi connectivity index (χ4n) is 6.49. The summed E-state index contributed by atoms with van der Waals surface area (Å²) in [6, 6.07) is 22.4. The molecule has 4 aromatic rings. The number of anilines is 2. The van der Waals surface area contributed by atoms with Crippen LogP contribution in [0.5, 0.6) is 0 Å². The zero-order valence-electron chi connectivity index (χ0n) is 19.6. The number of para-hydroxylation sites is 2. The van der Waals surface area contributed by atoms with Crippen molar-refractivity contribution in [1.82, 2.24) is 10.3 Å². The number of nitrogens with one attached hydrogen (secondary N) is 3. The molecule has 0 unspecified atom stereocenters. The van der Waals surface area contributed by atoms with Gasteiger partial charge in [-0.1, -0.05) is 48.5 Å². The third-order valence-corrected chi connectivity index (χ3v) is 8.00. The van der Waals surface area contributed by atoms with Gasteiger partial charge in [0.1, 0.15) is 5.54 Å². The van der Waals surface area contributed by atoms with E-state index in [9.17, 15) is 14.4 Å². The van der Waals surface area contributed by atoms with E-state index in [1.807, 2.05) is 79.9 Å². The van der Waals surface area contributed by atoms with Crippen LogP contribution in [-0.4, -0.2) is 28.7 Å². The second-order valence-electron chi connectivity index (χ2n) is 9.98. The number of fused-ring (bicyclic) bond motifs is 5. The van der Waals surface area contributed by atoms with Crippen LogP contribution in [0.2, 0.25) is 0 Å². The molecule has 1 spiro atoms. The zero-order valence-corrected chi connectivity index (χ0v) is 19.6. The number of H-pyrrole nitrogens is 1. The molecule has 2 saturated heterocycles. The van der Waals surface area contributed by atoms with Gasteiger partial charge in [0.2, 0.25) is 17.7 Å². The van der Waals surface area contributed by atoms with Crippen LogP contribution in [0.15, 0.2) is 79.0 Å². The Labute approximate surface area is 207 Å². The van der Waals surface area contributed by atoms with Crippen molar-refractivity contribution >= 4 is 40.0 Å². The van der Waals surface area contributed by atoms with Crippen LogP contribution in [0.25, 0.3) is 10.9 Å². The Balaban J connectivity index is 1.38. The Hall–Kier alpha value is -4.23. The van der Waals surface area contributed by atoms with E-state index in [1.165, 1.54) is 4.90 Å². The lowest BCUT2D eigenvalue weighted by atomic mass is 9.76. The number of aromatic nitrogens is 1. The average molecular weight is 477 g/mol. The minimum Gasteiger partial charge on any atom is -0.361 e. The Kier molecular flexibility index (Phi) is 4.32. The number of hydrogen-bond acceptors (Lipinski definition) is 4. The van der Waals surface area contributed by atoms with Crippen molar-refractivity contribution in [3.05, 3.63) is 95.7 Å². The molecule has 178 valence electrons. The number of amides is 3. The highest BCUT2D eigenvalue weighted by Gasteiger charge is 2.70. The number of carbonyl (C=O) groups is 3. The Bertz CT molecular complexity index is 1590. The number of benzene rings is 3. The van der Waals surface area contributed by atoms with Crippen molar-refractivity contribution < 1.29 is 14.4 Å². The number of nitrogens with zero attached hydrogens (tertiary/aromatic N) is 1. The number of imide groups is 1. The van der Waals surface area contributed by atoms with Crippen molar-refractivity contribution in [2.75, 3.05) is 10.2 Å². The largest absolute Gasteiger partial charge is 0.361 e. The maximum Gasteiger partial charge on any atom is 0.250 e. The summed E-state index contributed by atoms with van der Waals surface area (Å²) in [5.74, 6) is -2.40. The molecule has 7 rings (SSSR count). The molecule has 2 fully saturated rings. The Morgan fingerprint density at radius 1 is 0.917 bits per heavy atom. The summed E-state index contributed by atoms with van der Waals surface area (Å²) in [6.45, 7) is 1.93. The Morgan fingerprint density at radius 2 is 1.72 bits per heavy atom. The Morgan fingerprint density at radius 3 is 2.58 bits per heavy atom. The molecule has 4 heterocycles. The first-order valence-electron chi connectivity index (χ1n) is 12.2. The first-order valence-corrected chi connectivity index (χ1v) is 12.2. The van der Waals surface area contributed by atoms with Crippen molar-refractivity contribution in [3.63, 3.8) is 0 Å². The highest BCUT2D eigenvalue weighted by Crippen LogP contribution is 2.54. The molecule has 3 aliphatic rings. The summed E-state index contributed by atoms with van der Waals surface area (Å²) < 4.78 is 0. The van der Waals surface area contributed by atoms with E-state index < -0.39 is 23.4 Å². The van der Waals surface area contributed by atoms with Gasteiger partial charge in [-0.05, 0) is 48.7 Å². The molecule has 1 aromatic heterocycles. The topological polar surface area (TPSA) is 94.3 Å². The quantitative estimate of drug-likeness (QED) is 0.394. The van der Waals surface area contributed by atoms with Gasteiger partial charge in [-0.2, -0.15) is 0 Å². The van der Waals surface area contributed by atoms with Gasteiger partial charge in [0.25, 0.3) is 0 Å². The number of aryl methyl sites for hydroxylation is 1. The second-order valence-corrected chi connectivity index (χ2v) is 9.98. The molecule has 3 amide bonds. The third kappa shape index (κ3) is 2.69. The number of rotatable bonds is 3. The molecule has 0 bridgehead atoms. The van der Waals surface area contributed by atoms with E-state index in [2.05, 4.69) is 15.6 Å². The maximum absolute atomic E-state index is 14.1. The van der Waals surface area contributed by atoms with Crippen molar-refractivity contribution in [1.29, 1.82) is 0 Å². The van der Waals surface area contributed by atoms with Crippen molar-refractivity contribution in [2.24, 2.45) is 11.8 Å². The number of aromatic amines is 1. The molecule has 3 aliphatic heterocycles.